The van der Waals surface area contributed by atoms with Gasteiger partial charge in [0.1, 0.15) is 5.60 Å². The molecule has 2 unspecified atom stereocenters. The minimum atomic E-state index is -0.515. The monoisotopic (exact) mass is 389 g/mol. The van der Waals surface area contributed by atoms with Gasteiger partial charge in [-0.2, -0.15) is 0 Å². The largest absolute Gasteiger partial charge is 0.456 e. The normalized spacial score (nSPS) is 22.6. The highest BCUT2D eigenvalue weighted by Crippen LogP contribution is 2.29. The Kier molecular flexibility index (Phi) is 7.27. The molecule has 1 saturated heterocycles. The molecule has 1 aromatic carbocycles. The van der Waals surface area contributed by atoms with Crippen LogP contribution < -0.4 is 5.32 Å². The smallest absolute Gasteiger partial charge is 0.362 e. The lowest BCUT2D eigenvalue weighted by Gasteiger charge is -2.46. The number of ether oxygens (including phenoxy) is 1. The molecule has 156 valence electrons. The molecule has 2 atom stereocenters. The van der Waals surface area contributed by atoms with Crippen LogP contribution in [0.4, 0.5) is 5.69 Å². The fourth-order valence-corrected chi connectivity index (χ4v) is 4.40. The van der Waals surface area contributed by atoms with Gasteiger partial charge >= 0.3 is 5.97 Å². The van der Waals surface area contributed by atoms with Gasteiger partial charge in [-0.25, -0.2) is 4.79 Å². The lowest BCUT2D eigenvalue weighted by Crippen LogP contribution is -2.64. The van der Waals surface area contributed by atoms with Crippen molar-refractivity contribution >= 4 is 17.6 Å². The Hall–Kier alpha value is -1.88. The number of nitrogens with one attached hydrogen (secondary N) is 1. The predicted octanol–water partition coefficient (Wildman–Crippen LogP) is 4.36. The third kappa shape index (κ3) is 5.57. The highest BCUT2D eigenvalue weighted by atomic mass is 16.6. The van der Waals surface area contributed by atoms with Crippen molar-refractivity contribution < 1.29 is 18.8 Å². The number of aryl methyl sites for hydroxylation is 2. The molecule has 0 aliphatic carbocycles. The maximum Gasteiger partial charge on any atom is 0.362 e. The van der Waals surface area contributed by atoms with E-state index in [-0.39, 0.29) is 24.5 Å². The number of carbonyl (C=O) groups excluding carboxylic acids is 2. The first-order valence-electron chi connectivity index (χ1n) is 10.5. The van der Waals surface area contributed by atoms with Crippen LogP contribution in [0.25, 0.3) is 0 Å². The topological polar surface area (TPSA) is 55.4 Å². The summed E-state index contributed by atoms with van der Waals surface area (Å²) in [4.78, 5) is 26.0. The second-order valence-corrected chi connectivity index (χ2v) is 9.18. The summed E-state index contributed by atoms with van der Waals surface area (Å²) in [6.45, 7) is 13.7. The zero-order valence-corrected chi connectivity index (χ0v) is 18.4. The first-order chi connectivity index (χ1) is 13.1. The molecule has 0 aromatic heterocycles. The SMILES string of the molecule is CCC[N+]1(CC(=O)OC(C)(C)C)CCCCC1C(=O)Nc1c(C)cccc1C. The van der Waals surface area contributed by atoms with E-state index in [9.17, 15) is 9.59 Å². The van der Waals surface area contributed by atoms with Crippen LogP contribution in [0.3, 0.4) is 0 Å². The van der Waals surface area contributed by atoms with Crippen LogP contribution in [0.2, 0.25) is 0 Å². The summed E-state index contributed by atoms with van der Waals surface area (Å²) in [5, 5.41) is 3.18. The van der Waals surface area contributed by atoms with Crippen LogP contribution in [0, 0.1) is 13.8 Å². The third-order valence-corrected chi connectivity index (χ3v) is 5.56. The van der Waals surface area contributed by atoms with Gasteiger partial charge in [0.15, 0.2) is 12.6 Å². The Morgan fingerprint density at radius 3 is 2.39 bits per heavy atom. The molecule has 1 amide bonds. The number of likely N-dealkylation sites (tertiary alicyclic amines) is 1. The molecule has 0 radical (unpaired) electrons. The molecule has 5 heteroatoms. The molecule has 0 bridgehead atoms. The highest BCUT2D eigenvalue weighted by molar-refractivity contribution is 5.95. The minimum Gasteiger partial charge on any atom is -0.456 e. The van der Waals surface area contributed by atoms with Gasteiger partial charge in [0.05, 0.1) is 13.1 Å². The van der Waals surface area contributed by atoms with E-state index in [2.05, 4.69) is 12.2 Å². The van der Waals surface area contributed by atoms with E-state index in [0.717, 1.165) is 55.6 Å². The summed E-state index contributed by atoms with van der Waals surface area (Å²) in [6, 6.07) is 5.80. The average Bonchev–Trinajstić information content (AvgIpc) is 2.57. The predicted molar refractivity (Wildman–Crippen MR) is 113 cm³/mol. The van der Waals surface area contributed by atoms with Gasteiger partial charge < -0.3 is 14.5 Å². The third-order valence-electron chi connectivity index (χ3n) is 5.56. The molecule has 0 saturated carbocycles. The van der Waals surface area contributed by atoms with Crippen LogP contribution in [0.15, 0.2) is 18.2 Å². The number of benzene rings is 1. The van der Waals surface area contributed by atoms with E-state index < -0.39 is 5.60 Å². The van der Waals surface area contributed by atoms with Gasteiger partial charge in [0, 0.05) is 12.1 Å². The lowest BCUT2D eigenvalue weighted by molar-refractivity contribution is -0.940. The van der Waals surface area contributed by atoms with E-state index in [4.69, 9.17) is 4.74 Å². The fourth-order valence-electron chi connectivity index (χ4n) is 4.40. The van der Waals surface area contributed by atoms with Gasteiger partial charge in [-0.3, -0.25) is 4.79 Å². The first kappa shape index (κ1) is 22.4. The van der Waals surface area contributed by atoms with E-state index in [0.29, 0.717) is 4.48 Å². The van der Waals surface area contributed by atoms with Crippen molar-refractivity contribution in [1.82, 2.24) is 0 Å². The van der Waals surface area contributed by atoms with Crippen molar-refractivity contribution in [2.24, 2.45) is 0 Å². The van der Waals surface area contributed by atoms with Gasteiger partial charge in [-0.05, 0) is 65.0 Å². The van der Waals surface area contributed by atoms with E-state index >= 15 is 0 Å². The Bertz CT molecular complexity index is 684. The highest BCUT2D eigenvalue weighted by Gasteiger charge is 2.45. The van der Waals surface area contributed by atoms with Crippen molar-refractivity contribution in [2.45, 2.75) is 78.9 Å². The molecule has 1 aliphatic heterocycles. The van der Waals surface area contributed by atoms with Crippen LogP contribution in [0.5, 0.6) is 0 Å². The first-order valence-corrected chi connectivity index (χ1v) is 10.5. The van der Waals surface area contributed by atoms with Gasteiger partial charge in [-0.15, -0.1) is 0 Å². The molecule has 1 aromatic rings. The number of quaternary nitrogens is 1. The molecule has 1 N–H and O–H groups in total. The standard InChI is InChI=1S/C23H36N2O3/c1-7-14-25(16-20(26)28-23(4,5)6)15-9-8-13-19(25)22(27)24-21-17(2)11-10-12-18(21)3/h10-12,19H,7-9,13-16H2,1-6H3/p+1. The summed E-state index contributed by atoms with van der Waals surface area (Å²) < 4.78 is 6.11. The second kappa shape index (κ2) is 9.08. The molecular formula is C23H37N2O3+. The summed E-state index contributed by atoms with van der Waals surface area (Å²) >= 11 is 0. The molecule has 1 fully saturated rings. The van der Waals surface area contributed by atoms with Crippen molar-refractivity contribution in [3.05, 3.63) is 29.3 Å². The zero-order valence-electron chi connectivity index (χ0n) is 18.4. The number of hydrogen-bond donors (Lipinski definition) is 1. The number of carbonyl (C=O) groups is 2. The quantitative estimate of drug-likeness (QED) is 0.581. The molecule has 2 rings (SSSR count). The van der Waals surface area contributed by atoms with Gasteiger partial charge in [0.2, 0.25) is 0 Å². The molecule has 5 nitrogen and oxygen atoms in total. The Labute approximate surface area is 170 Å². The van der Waals surface area contributed by atoms with E-state index in [1.165, 1.54) is 0 Å². The molecule has 1 aliphatic rings. The maximum absolute atomic E-state index is 13.4. The number of para-hydroxylation sites is 1. The van der Waals surface area contributed by atoms with Crippen LogP contribution in [-0.2, 0) is 14.3 Å². The van der Waals surface area contributed by atoms with Crippen LogP contribution in [-0.4, -0.2) is 47.6 Å². The number of hydrogen-bond acceptors (Lipinski definition) is 3. The molecule has 1 heterocycles. The van der Waals surface area contributed by atoms with Crippen molar-refractivity contribution in [1.29, 1.82) is 0 Å². The van der Waals surface area contributed by atoms with E-state index in [1.807, 2.05) is 52.8 Å². The zero-order chi connectivity index (χ0) is 20.9. The Morgan fingerprint density at radius 2 is 1.82 bits per heavy atom. The lowest BCUT2D eigenvalue weighted by atomic mass is 9.96. The summed E-state index contributed by atoms with van der Waals surface area (Å²) in [7, 11) is 0. The van der Waals surface area contributed by atoms with Crippen LogP contribution >= 0.6 is 0 Å². The number of esters is 1. The molecular weight excluding hydrogens is 352 g/mol. The summed E-state index contributed by atoms with van der Waals surface area (Å²) in [5.41, 5.74) is 2.50. The molecule has 0 spiro atoms. The number of rotatable bonds is 6. The fraction of sp³-hybridized carbons (Fsp3) is 0.652. The van der Waals surface area contributed by atoms with Crippen molar-refractivity contribution in [3.8, 4) is 0 Å². The van der Waals surface area contributed by atoms with Crippen molar-refractivity contribution in [2.75, 3.05) is 25.0 Å². The molecule has 28 heavy (non-hydrogen) atoms. The van der Waals surface area contributed by atoms with Gasteiger partial charge in [0.25, 0.3) is 5.91 Å². The average molecular weight is 390 g/mol. The summed E-state index contributed by atoms with van der Waals surface area (Å²) in [6.07, 6.45) is 3.79. The number of amides is 1. The Morgan fingerprint density at radius 1 is 1.18 bits per heavy atom. The number of anilines is 1. The van der Waals surface area contributed by atoms with Crippen molar-refractivity contribution in [3.63, 3.8) is 0 Å². The van der Waals surface area contributed by atoms with Gasteiger partial charge in [-0.1, -0.05) is 25.1 Å². The van der Waals surface area contributed by atoms with Crippen LogP contribution in [0.1, 0.15) is 64.5 Å². The number of piperidine rings is 1. The summed E-state index contributed by atoms with van der Waals surface area (Å²) in [5.74, 6) is -0.193. The Balaban J connectivity index is 2.27. The van der Waals surface area contributed by atoms with E-state index in [1.54, 1.807) is 0 Å². The maximum atomic E-state index is 13.4. The number of nitrogens with zero attached hydrogens (tertiary/aromatic N) is 1. The second-order valence-electron chi connectivity index (χ2n) is 9.18. The minimum absolute atomic E-state index is 0.0223.